The highest BCUT2D eigenvalue weighted by atomic mass is 16.4. The molecule has 3 nitrogen and oxygen atoms in total. The van der Waals surface area contributed by atoms with Gasteiger partial charge in [-0.1, -0.05) is 33.1 Å². The summed E-state index contributed by atoms with van der Waals surface area (Å²) >= 11 is 0. The Kier molecular flexibility index (Phi) is 5.70. The van der Waals surface area contributed by atoms with Gasteiger partial charge in [0, 0.05) is 12.6 Å². The van der Waals surface area contributed by atoms with Crippen LogP contribution in [0.15, 0.2) is 0 Å². The van der Waals surface area contributed by atoms with Crippen molar-refractivity contribution in [1.29, 1.82) is 0 Å². The zero-order valence-corrected chi connectivity index (χ0v) is 14.1. The van der Waals surface area contributed by atoms with Gasteiger partial charge in [-0.25, -0.2) is 0 Å². The SMILES string of the molecule is CCC1CCC(N(C)CC2(C(=O)O)CCCC(C)C2)CC1. The van der Waals surface area contributed by atoms with Crippen molar-refractivity contribution in [2.45, 2.75) is 77.7 Å². The quantitative estimate of drug-likeness (QED) is 0.827. The van der Waals surface area contributed by atoms with E-state index in [1.807, 2.05) is 0 Å². The second kappa shape index (κ2) is 7.13. The minimum absolute atomic E-state index is 0.492. The number of carbonyl (C=O) groups is 1. The van der Waals surface area contributed by atoms with E-state index in [9.17, 15) is 9.90 Å². The Hall–Kier alpha value is -0.570. The van der Waals surface area contributed by atoms with Gasteiger partial charge >= 0.3 is 5.97 Å². The third-order valence-corrected chi connectivity index (χ3v) is 6.11. The Labute approximate surface area is 130 Å². The fourth-order valence-corrected chi connectivity index (χ4v) is 4.67. The van der Waals surface area contributed by atoms with Crippen LogP contribution in [0.25, 0.3) is 0 Å². The first-order valence-corrected chi connectivity index (χ1v) is 8.90. The number of rotatable bonds is 5. The molecule has 2 rings (SSSR count). The van der Waals surface area contributed by atoms with E-state index in [2.05, 4.69) is 25.8 Å². The van der Waals surface area contributed by atoms with Crippen LogP contribution < -0.4 is 0 Å². The van der Waals surface area contributed by atoms with Gasteiger partial charge in [-0.05, 0) is 57.4 Å². The molecule has 2 atom stereocenters. The summed E-state index contributed by atoms with van der Waals surface area (Å²) < 4.78 is 0. The Morgan fingerprint density at radius 1 is 1.24 bits per heavy atom. The summed E-state index contributed by atoms with van der Waals surface area (Å²) in [6.45, 7) is 5.25. The van der Waals surface area contributed by atoms with Crippen LogP contribution in [0.4, 0.5) is 0 Å². The molecule has 2 saturated carbocycles. The van der Waals surface area contributed by atoms with Crippen LogP contribution in [-0.2, 0) is 4.79 Å². The maximum Gasteiger partial charge on any atom is 0.310 e. The van der Waals surface area contributed by atoms with Crippen LogP contribution in [0.5, 0.6) is 0 Å². The molecule has 0 aliphatic heterocycles. The highest BCUT2D eigenvalue weighted by Crippen LogP contribution is 2.41. The molecule has 2 aliphatic carbocycles. The number of carboxylic acids is 1. The standard InChI is InChI=1S/C18H33NO2/c1-4-15-7-9-16(10-8-15)19(3)13-18(17(20)21)11-5-6-14(2)12-18/h14-16H,4-13H2,1-3H3,(H,20,21). The highest BCUT2D eigenvalue weighted by molar-refractivity contribution is 5.75. The number of hydrogen-bond acceptors (Lipinski definition) is 2. The first-order chi connectivity index (χ1) is 9.97. The van der Waals surface area contributed by atoms with E-state index in [-0.39, 0.29) is 0 Å². The molecule has 21 heavy (non-hydrogen) atoms. The largest absolute Gasteiger partial charge is 0.481 e. The predicted molar refractivity (Wildman–Crippen MR) is 86.4 cm³/mol. The van der Waals surface area contributed by atoms with E-state index in [0.717, 1.165) is 31.7 Å². The fourth-order valence-electron chi connectivity index (χ4n) is 4.67. The van der Waals surface area contributed by atoms with E-state index >= 15 is 0 Å². The number of aliphatic carboxylic acids is 1. The lowest BCUT2D eigenvalue weighted by molar-refractivity contribution is -0.154. The Bertz CT molecular complexity index is 349. The van der Waals surface area contributed by atoms with Gasteiger partial charge in [-0.15, -0.1) is 0 Å². The second-order valence-corrected chi connectivity index (χ2v) is 7.78. The lowest BCUT2D eigenvalue weighted by Gasteiger charge is -2.42. The van der Waals surface area contributed by atoms with Gasteiger partial charge in [0.05, 0.1) is 5.41 Å². The van der Waals surface area contributed by atoms with Crippen molar-refractivity contribution < 1.29 is 9.90 Å². The summed E-state index contributed by atoms with van der Waals surface area (Å²) in [5, 5.41) is 9.81. The maximum absolute atomic E-state index is 11.9. The van der Waals surface area contributed by atoms with E-state index in [1.54, 1.807) is 0 Å². The molecule has 0 spiro atoms. The van der Waals surface area contributed by atoms with Gasteiger partial charge in [0.2, 0.25) is 0 Å². The third-order valence-electron chi connectivity index (χ3n) is 6.11. The van der Waals surface area contributed by atoms with Crippen molar-refractivity contribution in [3.8, 4) is 0 Å². The van der Waals surface area contributed by atoms with Crippen molar-refractivity contribution >= 4 is 5.97 Å². The number of nitrogens with zero attached hydrogens (tertiary/aromatic N) is 1. The summed E-state index contributed by atoms with van der Waals surface area (Å²) in [5.74, 6) is 0.889. The first-order valence-electron chi connectivity index (χ1n) is 8.90. The van der Waals surface area contributed by atoms with E-state index in [1.165, 1.54) is 38.5 Å². The zero-order valence-electron chi connectivity index (χ0n) is 14.1. The van der Waals surface area contributed by atoms with Crippen molar-refractivity contribution in [2.24, 2.45) is 17.3 Å². The van der Waals surface area contributed by atoms with Gasteiger partial charge in [0.15, 0.2) is 0 Å². The first kappa shape index (κ1) is 16.8. The van der Waals surface area contributed by atoms with Crippen LogP contribution in [0, 0.1) is 17.3 Å². The van der Waals surface area contributed by atoms with Crippen molar-refractivity contribution in [2.75, 3.05) is 13.6 Å². The molecule has 0 aromatic rings. The molecule has 2 aliphatic rings. The summed E-state index contributed by atoms with van der Waals surface area (Å²) in [4.78, 5) is 14.3. The smallest absolute Gasteiger partial charge is 0.310 e. The molecule has 0 amide bonds. The molecule has 3 heteroatoms. The van der Waals surface area contributed by atoms with Crippen molar-refractivity contribution in [3.63, 3.8) is 0 Å². The molecule has 2 unspecified atom stereocenters. The Balaban J connectivity index is 1.95. The van der Waals surface area contributed by atoms with E-state index in [0.29, 0.717) is 12.0 Å². The van der Waals surface area contributed by atoms with E-state index < -0.39 is 11.4 Å². The Morgan fingerprint density at radius 2 is 1.90 bits per heavy atom. The van der Waals surface area contributed by atoms with Gasteiger partial charge < -0.3 is 10.0 Å². The molecule has 0 saturated heterocycles. The second-order valence-electron chi connectivity index (χ2n) is 7.78. The van der Waals surface area contributed by atoms with Crippen LogP contribution >= 0.6 is 0 Å². The van der Waals surface area contributed by atoms with Gasteiger partial charge in [-0.2, -0.15) is 0 Å². The monoisotopic (exact) mass is 295 g/mol. The van der Waals surface area contributed by atoms with Crippen LogP contribution in [-0.4, -0.2) is 35.6 Å². The van der Waals surface area contributed by atoms with Gasteiger partial charge in [-0.3, -0.25) is 4.79 Å². The molecule has 0 heterocycles. The molecule has 0 aromatic carbocycles. The summed E-state index contributed by atoms with van der Waals surface area (Å²) in [7, 11) is 2.15. The maximum atomic E-state index is 11.9. The zero-order chi connectivity index (χ0) is 15.5. The minimum Gasteiger partial charge on any atom is -0.481 e. The van der Waals surface area contributed by atoms with Crippen molar-refractivity contribution in [3.05, 3.63) is 0 Å². The number of carboxylic acid groups (broad SMARTS) is 1. The minimum atomic E-state index is -0.567. The topological polar surface area (TPSA) is 40.5 Å². The molecular formula is C18H33NO2. The van der Waals surface area contributed by atoms with Gasteiger partial charge in [0.25, 0.3) is 0 Å². The van der Waals surface area contributed by atoms with Crippen molar-refractivity contribution in [1.82, 2.24) is 4.90 Å². The van der Waals surface area contributed by atoms with Crippen LogP contribution in [0.2, 0.25) is 0 Å². The molecular weight excluding hydrogens is 262 g/mol. The predicted octanol–water partition coefficient (Wildman–Crippen LogP) is 4.17. The molecule has 1 N–H and O–H groups in total. The molecule has 0 radical (unpaired) electrons. The average Bonchev–Trinajstić information content (AvgIpc) is 2.47. The fraction of sp³-hybridized carbons (Fsp3) is 0.944. The molecule has 122 valence electrons. The number of hydrogen-bond donors (Lipinski definition) is 1. The highest BCUT2D eigenvalue weighted by Gasteiger charge is 2.43. The normalized spacial score (nSPS) is 37.6. The molecule has 0 aromatic heterocycles. The summed E-state index contributed by atoms with van der Waals surface area (Å²) in [5.41, 5.74) is -0.492. The van der Waals surface area contributed by atoms with Gasteiger partial charge in [0.1, 0.15) is 0 Å². The Morgan fingerprint density at radius 3 is 2.43 bits per heavy atom. The van der Waals surface area contributed by atoms with E-state index in [4.69, 9.17) is 0 Å². The summed E-state index contributed by atoms with van der Waals surface area (Å²) in [6, 6.07) is 0.598. The molecule has 2 fully saturated rings. The van der Waals surface area contributed by atoms with Crippen LogP contribution in [0.1, 0.15) is 71.6 Å². The lowest BCUT2D eigenvalue weighted by Crippen LogP contribution is -2.48. The average molecular weight is 295 g/mol. The lowest BCUT2D eigenvalue weighted by atomic mass is 9.69. The van der Waals surface area contributed by atoms with Crippen LogP contribution in [0.3, 0.4) is 0 Å². The molecule has 0 bridgehead atoms. The summed E-state index contributed by atoms with van der Waals surface area (Å²) in [6.07, 6.45) is 10.4. The third kappa shape index (κ3) is 4.00.